The lowest BCUT2D eigenvalue weighted by Crippen LogP contribution is -1.86. The van der Waals surface area contributed by atoms with Crippen LogP contribution in [0.5, 0.6) is 0 Å². The molecule has 2 aromatic carbocycles. The van der Waals surface area contributed by atoms with Gasteiger partial charge in [-0.15, -0.1) is 0 Å². The second-order valence-corrected chi connectivity index (χ2v) is 6.19. The van der Waals surface area contributed by atoms with Gasteiger partial charge in [0.25, 0.3) is 0 Å². The van der Waals surface area contributed by atoms with Crippen LogP contribution in [0.2, 0.25) is 0 Å². The number of hydrogen-bond donors (Lipinski definition) is 0. The molecule has 0 radical (unpaired) electrons. The van der Waals surface area contributed by atoms with Crippen molar-refractivity contribution in [2.45, 2.75) is 27.1 Å². The summed E-state index contributed by atoms with van der Waals surface area (Å²) in [5.74, 6) is 0. The lowest BCUT2D eigenvalue weighted by molar-refractivity contribution is 0.356. The van der Waals surface area contributed by atoms with Crippen molar-refractivity contribution in [1.82, 2.24) is 0 Å². The molecule has 20 heavy (non-hydrogen) atoms. The molecule has 0 aliphatic heterocycles. The molecule has 0 saturated heterocycles. The molecule has 4 heteroatoms. The highest BCUT2D eigenvalue weighted by atomic mass is 33.1. The van der Waals surface area contributed by atoms with Crippen LogP contribution in [0.25, 0.3) is 0 Å². The quantitative estimate of drug-likeness (QED) is 0.395. The molecule has 0 aliphatic carbocycles. The zero-order chi connectivity index (χ0) is 14.2. The summed E-state index contributed by atoms with van der Waals surface area (Å²) < 4.78 is 10.9. The molecule has 106 valence electrons. The van der Waals surface area contributed by atoms with E-state index in [0.717, 1.165) is 0 Å². The average molecular weight is 306 g/mol. The van der Waals surface area contributed by atoms with Gasteiger partial charge in [-0.25, -0.2) is 0 Å². The Morgan fingerprint density at radius 2 is 1.00 bits per heavy atom. The second kappa shape index (κ2) is 8.37. The Morgan fingerprint density at radius 3 is 1.35 bits per heavy atom. The molecule has 0 saturated carbocycles. The molecule has 0 spiro atoms. The van der Waals surface area contributed by atoms with Crippen molar-refractivity contribution in [3.05, 3.63) is 70.8 Å². The topological polar surface area (TPSA) is 18.5 Å². The Kier molecular flexibility index (Phi) is 6.47. The molecule has 0 atom stereocenters. The van der Waals surface area contributed by atoms with E-state index >= 15 is 0 Å². The fraction of sp³-hybridized carbons (Fsp3) is 0.250. The lowest BCUT2D eigenvalue weighted by Gasteiger charge is -2.04. The van der Waals surface area contributed by atoms with Gasteiger partial charge in [0.1, 0.15) is 0 Å². The highest BCUT2D eigenvalue weighted by Crippen LogP contribution is 2.26. The van der Waals surface area contributed by atoms with E-state index < -0.39 is 0 Å². The third-order valence-corrected chi connectivity index (χ3v) is 4.04. The van der Waals surface area contributed by atoms with Gasteiger partial charge in [-0.3, -0.25) is 8.37 Å². The van der Waals surface area contributed by atoms with Crippen LogP contribution in [0.3, 0.4) is 0 Å². The first-order valence-corrected chi connectivity index (χ1v) is 8.43. The van der Waals surface area contributed by atoms with Gasteiger partial charge in [-0.05, 0) is 25.0 Å². The molecule has 0 fully saturated rings. The van der Waals surface area contributed by atoms with Crippen molar-refractivity contribution >= 4 is 22.1 Å². The van der Waals surface area contributed by atoms with E-state index in [1.54, 1.807) is 0 Å². The van der Waals surface area contributed by atoms with Gasteiger partial charge in [-0.1, -0.05) is 59.7 Å². The monoisotopic (exact) mass is 306 g/mol. The first-order valence-electron chi connectivity index (χ1n) is 6.43. The Hall–Kier alpha value is -0.940. The first kappa shape index (κ1) is 15.4. The van der Waals surface area contributed by atoms with Gasteiger partial charge >= 0.3 is 0 Å². The van der Waals surface area contributed by atoms with Gasteiger partial charge in [0.15, 0.2) is 0 Å². The second-order valence-electron chi connectivity index (χ2n) is 4.63. The van der Waals surface area contributed by atoms with Crippen LogP contribution in [0.4, 0.5) is 0 Å². The van der Waals surface area contributed by atoms with Crippen LogP contribution < -0.4 is 0 Å². The predicted molar refractivity (Wildman–Crippen MR) is 87.1 cm³/mol. The number of hydrogen-bond acceptors (Lipinski definition) is 4. The highest BCUT2D eigenvalue weighted by molar-refractivity contribution is 8.73. The number of benzene rings is 2. The van der Waals surface area contributed by atoms with Crippen molar-refractivity contribution in [2.75, 3.05) is 0 Å². The van der Waals surface area contributed by atoms with Crippen LogP contribution in [-0.2, 0) is 21.6 Å². The fourth-order valence-corrected chi connectivity index (χ4v) is 2.56. The standard InChI is InChI=1S/C16H18O2S2/c1-13-3-7-15(8-4-13)11-17-19-20-18-12-16-9-5-14(2)6-10-16/h3-10H,11-12H2,1-2H3. The summed E-state index contributed by atoms with van der Waals surface area (Å²) in [5, 5.41) is 0. The maximum absolute atomic E-state index is 5.47. The van der Waals surface area contributed by atoms with Crippen LogP contribution in [0, 0.1) is 13.8 Å². The normalized spacial score (nSPS) is 10.7. The SMILES string of the molecule is Cc1ccc(COSSOCc2ccc(C)cc2)cc1. The van der Waals surface area contributed by atoms with Crippen molar-refractivity contribution in [3.63, 3.8) is 0 Å². The van der Waals surface area contributed by atoms with Crippen molar-refractivity contribution in [1.29, 1.82) is 0 Å². The smallest absolute Gasteiger partial charge is 0.0928 e. The molecule has 0 amide bonds. The molecule has 0 aromatic heterocycles. The molecular formula is C16H18O2S2. The molecule has 2 nitrogen and oxygen atoms in total. The summed E-state index contributed by atoms with van der Waals surface area (Å²) in [6, 6.07) is 16.7. The van der Waals surface area contributed by atoms with Crippen LogP contribution >= 0.6 is 22.1 Å². The van der Waals surface area contributed by atoms with E-state index in [1.807, 2.05) is 0 Å². The Morgan fingerprint density at radius 1 is 0.650 bits per heavy atom. The Bertz CT molecular complexity index is 460. The third-order valence-electron chi connectivity index (χ3n) is 2.82. The summed E-state index contributed by atoms with van der Waals surface area (Å²) in [4.78, 5) is 0. The largest absolute Gasteiger partial charge is 0.299 e. The van der Waals surface area contributed by atoms with Crippen molar-refractivity contribution < 1.29 is 8.37 Å². The van der Waals surface area contributed by atoms with Gasteiger partial charge in [0.05, 0.1) is 35.4 Å². The average Bonchev–Trinajstić information content (AvgIpc) is 2.46. The maximum atomic E-state index is 5.47. The maximum Gasteiger partial charge on any atom is 0.0928 e. The summed E-state index contributed by atoms with van der Waals surface area (Å²) >= 11 is 2.54. The molecule has 0 heterocycles. The summed E-state index contributed by atoms with van der Waals surface area (Å²) in [7, 11) is 0. The van der Waals surface area contributed by atoms with Crippen LogP contribution in [-0.4, -0.2) is 0 Å². The first-order chi connectivity index (χ1) is 9.74. The van der Waals surface area contributed by atoms with Crippen LogP contribution in [0.1, 0.15) is 22.3 Å². The predicted octanol–water partition coefficient (Wildman–Crippen LogP) is 5.25. The summed E-state index contributed by atoms with van der Waals surface area (Å²) in [6.45, 7) is 5.33. The molecule has 0 bridgehead atoms. The van der Waals surface area contributed by atoms with E-state index in [2.05, 4.69) is 62.4 Å². The van der Waals surface area contributed by atoms with Gasteiger partial charge in [0.2, 0.25) is 0 Å². The van der Waals surface area contributed by atoms with Gasteiger partial charge in [0, 0.05) is 0 Å². The fourth-order valence-electron chi connectivity index (χ4n) is 1.59. The van der Waals surface area contributed by atoms with Crippen molar-refractivity contribution in [2.24, 2.45) is 0 Å². The summed E-state index contributed by atoms with van der Waals surface area (Å²) in [5.41, 5.74) is 4.86. The Labute approximate surface area is 128 Å². The van der Waals surface area contributed by atoms with Crippen LogP contribution in [0.15, 0.2) is 48.5 Å². The molecule has 2 rings (SSSR count). The highest BCUT2D eigenvalue weighted by Gasteiger charge is 1.97. The molecule has 2 aromatic rings. The van der Waals surface area contributed by atoms with E-state index in [-0.39, 0.29) is 0 Å². The van der Waals surface area contributed by atoms with E-state index in [0.29, 0.717) is 13.2 Å². The van der Waals surface area contributed by atoms with Gasteiger partial charge < -0.3 is 0 Å². The summed E-state index contributed by atoms with van der Waals surface area (Å²) in [6.07, 6.45) is 0. The number of aryl methyl sites for hydroxylation is 2. The molecule has 0 N–H and O–H groups in total. The lowest BCUT2D eigenvalue weighted by atomic mass is 10.2. The molecule has 0 aliphatic rings. The minimum atomic E-state index is 0.589. The third kappa shape index (κ3) is 5.59. The molecular weight excluding hydrogens is 288 g/mol. The zero-order valence-corrected chi connectivity index (χ0v) is 13.3. The minimum absolute atomic E-state index is 0.589. The zero-order valence-electron chi connectivity index (χ0n) is 11.7. The minimum Gasteiger partial charge on any atom is -0.299 e. The van der Waals surface area contributed by atoms with Crippen molar-refractivity contribution in [3.8, 4) is 0 Å². The number of rotatable bonds is 7. The van der Waals surface area contributed by atoms with E-state index in [4.69, 9.17) is 8.37 Å². The molecule has 0 unspecified atom stereocenters. The van der Waals surface area contributed by atoms with E-state index in [9.17, 15) is 0 Å². The Balaban J connectivity index is 1.57. The van der Waals surface area contributed by atoms with Gasteiger partial charge in [-0.2, -0.15) is 0 Å². The van der Waals surface area contributed by atoms with E-state index in [1.165, 1.54) is 44.4 Å².